The molecule has 6 rings (SSSR count). The van der Waals surface area contributed by atoms with Crippen LogP contribution in [0.2, 0.25) is 0 Å². The zero-order valence-electron chi connectivity index (χ0n) is 22.0. The van der Waals surface area contributed by atoms with E-state index in [2.05, 4.69) is 9.97 Å². The van der Waals surface area contributed by atoms with Crippen molar-refractivity contribution in [1.82, 2.24) is 19.9 Å². The van der Waals surface area contributed by atoms with Gasteiger partial charge in [-0.15, -0.1) is 0 Å². The largest absolute Gasteiger partial charge is 0.433 e. The lowest BCUT2D eigenvalue weighted by Gasteiger charge is -2.24. The van der Waals surface area contributed by atoms with E-state index in [1.54, 1.807) is 12.1 Å². The van der Waals surface area contributed by atoms with Crippen molar-refractivity contribution < 1.29 is 23.1 Å². The molecule has 0 unspecified atom stereocenters. The number of fused-ring (bicyclic) bond motifs is 1. The summed E-state index contributed by atoms with van der Waals surface area (Å²) in [5, 5.41) is 11.0. The van der Waals surface area contributed by atoms with Crippen LogP contribution >= 0.6 is 0 Å². The first-order valence-electron chi connectivity index (χ1n) is 13.5. The first kappa shape index (κ1) is 26.9. The lowest BCUT2D eigenvalue weighted by atomic mass is 9.94. The van der Waals surface area contributed by atoms with Crippen LogP contribution in [0.3, 0.4) is 0 Å². The minimum atomic E-state index is -4.60. The standard InChI is InChI=1S/C31H27F3N4O3/c32-31(33,34)25-13-5-11-23(35-25)19-7-4-8-20(17-19)26(39)28(41)38-16-6-12-24-22(18-38)27(40)37-29(36-24)30(14-15-30)21-9-2-1-3-10-21/h1-5,7-11,13,17,26,39H,6,12,14-16,18H2,(H,36,37,40)/t26-/m1/s1. The van der Waals surface area contributed by atoms with Gasteiger partial charge in [-0.1, -0.05) is 54.6 Å². The Morgan fingerprint density at radius 3 is 2.49 bits per heavy atom. The summed E-state index contributed by atoms with van der Waals surface area (Å²) in [7, 11) is 0. The fraction of sp³-hybridized carbons (Fsp3) is 0.290. The number of rotatable bonds is 5. The van der Waals surface area contributed by atoms with Crippen LogP contribution in [-0.2, 0) is 29.4 Å². The number of aromatic nitrogens is 3. The van der Waals surface area contributed by atoms with Gasteiger partial charge in [-0.25, -0.2) is 9.97 Å². The van der Waals surface area contributed by atoms with Crippen molar-refractivity contribution >= 4 is 5.91 Å². The number of halogens is 3. The van der Waals surface area contributed by atoms with E-state index < -0.39 is 23.9 Å². The van der Waals surface area contributed by atoms with Crippen LogP contribution in [0.4, 0.5) is 13.2 Å². The molecule has 1 atom stereocenters. The van der Waals surface area contributed by atoms with Gasteiger partial charge in [0, 0.05) is 12.1 Å². The molecule has 3 heterocycles. The van der Waals surface area contributed by atoms with Gasteiger partial charge in [0.05, 0.1) is 28.9 Å². The lowest BCUT2D eigenvalue weighted by Crippen LogP contribution is -2.36. The number of amides is 1. The molecule has 7 nitrogen and oxygen atoms in total. The number of alkyl halides is 3. The third-order valence-corrected chi connectivity index (χ3v) is 7.90. The molecule has 0 saturated heterocycles. The summed E-state index contributed by atoms with van der Waals surface area (Å²) in [6, 6.07) is 19.7. The number of aliphatic hydroxyl groups excluding tert-OH is 1. The highest BCUT2D eigenvalue weighted by Crippen LogP contribution is 2.52. The van der Waals surface area contributed by atoms with E-state index in [1.165, 1.54) is 29.2 Å². The number of hydrogen-bond acceptors (Lipinski definition) is 5. The second-order valence-electron chi connectivity index (χ2n) is 10.6. The molecule has 1 aliphatic heterocycles. The molecule has 210 valence electrons. The fourth-order valence-electron chi connectivity index (χ4n) is 5.52. The Balaban J connectivity index is 1.24. The summed E-state index contributed by atoms with van der Waals surface area (Å²) in [5.41, 5.74) is 1.18. The monoisotopic (exact) mass is 560 g/mol. The maximum atomic E-state index is 13.4. The van der Waals surface area contributed by atoms with Crippen LogP contribution in [-0.4, -0.2) is 37.4 Å². The van der Waals surface area contributed by atoms with E-state index in [4.69, 9.17) is 4.98 Å². The number of benzene rings is 2. The van der Waals surface area contributed by atoms with Crippen LogP contribution in [0.15, 0.2) is 77.6 Å². The summed E-state index contributed by atoms with van der Waals surface area (Å²) < 4.78 is 39.4. The average molecular weight is 561 g/mol. The van der Waals surface area contributed by atoms with Crippen LogP contribution in [0.25, 0.3) is 11.3 Å². The predicted molar refractivity (Wildman–Crippen MR) is 145 cm³/mol. The average Bonchev–Trinajstić information content (AvgIpc) is 3.81. The van der Waals surface area contributed by atoms with Crippen molar-refractivity contribution in [3.8, 4) is 11.3 Å². The van der Waals surface area contributed by atoms with Crippen molar-refractivity contribution in [2.45, 2.75) is 49.9 Å². The van der Waals surface area contributed by atoms with Crippen LogP contribution in [0.1, 0.15) is 59.3 Å². The van der Waals surface area contributed by atoms with Crippen molar-refractivity contribution in [3.63, 3.8) is 0 Å². The topological polar surface area (TPSA) is 99.2 Å². The number of nitrogens with one attached hydrogen (secondary N) is 1. The Kier molecular flexibility index (Phi) is 6.73. The highest BCUT2D eigenvalue weighted by atomic mass is 19.4. The maximum Gasteiger partial charge on any atom is 0.433 e. The first-order valence-corrected chi connectivity index (χ1v) is 13.5. The zero-order chi connectivity index (χ0) is 28.8. The van der Waals surface area contributed by atoms with Gasteiger partial charge in [0.1, 0.15) is 11.5 Å². The smallest absolute Gasteiger partial charge is 0.378 e. The Morgan fingerprint density at radius 1 is 1.00 bits per heavy atom. The van der Waals surface area contributed by atoms with Gasteiger partial charge in [0.25, 0.3) is 11.5 Å². The molecule has 2 aliphatic rings. The Hall–Kier alpha value is -4.31. The second-order valence-corrected chi connectivity index (χ2v) is 10.6. The third kappa shape index (κ3) is 5.15. The van der Waals surface area contributed by atoms with E-state index in [0.29, 0.717) is 42.0 Å². The summed E-state index contributed by atoms with van der Waals surface area (Å²) in [6.45, 7) is 0.320. The molecule has 2 N–H and O–H groups in total. The molecule has 41 heavy (non-hydrogen) atoms. The van der Waals surface area contributed by atoms with E-state index >= 15 is 0 Å². The van der Waals surface area contributed by atoms with Gasteiger partial charge in [-0.2, -0.15) is 13.2 Å². The molecule has 1 amide bonds. The van der Waals surface area contributed by atoms with Gasteiger partial charge in [0.15, 0.2) is 6.10 Å². The fourth-order valence-corrected chi connectivity index (χ4v) is 5.52. The van der Waals surface area contributed by atoms with Gasteiger partial charge in [-0.3, -0.25) is 9.59 Å². The molecular formula is C31H27F3N4O3. The normalized spacial score (nSPS) is 16.9. The molecule has 2 aromatic heterocycles. The van der Waals surface area contributed by atoms with Crippen molar-refractivity contribution in [3.05, 3.63) is 117 Å². The number of aryl methyl sites for hydroxylation is 1. The van der Waals surface area contributed by atoms with Crippen molar-refractivity contribution in [2.24, 2.45) is 0 Å². The van der Waals surface area contributed by atoms with Crippen LogP contribution in [0.5, 0.6) is 0 Å². The first-order chi connectivity index (χ1) is 19.7. The minimum Gasteiger partial charge on any atom is -0.378 e. The SMILES string of the molecule is O=C([C@H](O)c1cccc(-c2cccc(C(F)(F)F)n2)c1)N1CCCc2nc(C3(c4ccccc4)CC3)[nH]c(=O)c2C1. The Bertz CT molecular complexity index is 1670. The number of hydrogen-bond donors (Lipinski definition) is 2. The number of aliphatic hydroxyl groups is 1. The summed E-state index contributed by atoms with van der Waals surface area (Å²) in [6.07, 6.45) is -3.29. The predicted octanol–water partition coefficient (Wildman–Crippen LogP) is 4.94. The highest BCUT2D eigenvalue weighted by Gasteiger charge is 2.48. The molecule has 2 aromatic carbocycles. The molecule has 1 saturated carbocycles. The molecule has 4 aromatic rings. The van der Waals surface area contributed by atoms with Crippen LogP contribution in [0, 0.1) is 0 Å². The van der Waals surface area contributed by atoms with E-state index in [0.717, 1.165) is 24.5 Å². The Morgan fingerprint density at radius 2 is 1.76 bits per heavy atom. The van der Waals surface area contributed by atoms with E-state index in [9.17, 15) is 27.9 Å². The number of carbonyl (C=O) groups is 1. The quantitative estimate of drug-likeness (QED) is 0.360. The molecule has 10 heteroatoms. The summed E-state index contributed by atoms with van der Waals surface area (Å²) in [5.74, 6) is 0.0469. The number of carbonyl (C=O) groups excluding carboxylic acids is 1. The van der Waals surface area contributed by atoms with E-state index in [-0.39, 0.29) is 28.8 Å². The number of nitrogens with zero attached hydrogens (tertiary/aromatic N) is 3. The van der Waals surface area contributed by atoms with Gasteiger partial charge in [-0.05, 0) is 55.0 Å². The molecule has 1 aliphatic carbocycles. The van der Waals surface area contributed by atoms with Gasteiger partial charge >= 0.3 is 6.18 Å². The lowest BCUT2D eigenvalue weighted by molar-refractivity contribution is -0.141. The Labute approximate surface area is 233 Å². The number of H-pyrrole nitrogens is 1. The number of pyridine rings is 1. The van der Waals surface area contributed by atoms with E-state index in [1.807, 2.05) is 30.3 Å². The zero-order valence-corrected chi connectivity index (χ0v) is 22.0. The summed E-state index contributed by atoms with van der Waals surface area (Å²) in [4.78, 5) is 39.6. The molecule has 0 radical (unpaired) electrons. The molecule has 0 bridgehead atoms. The molecule has 0 spiro atoms. The van der Waals surface area contributed by atoms with Crippen molar-refractivity contribution in [2.75, 3.05) is 6.54 Å². The second kappa shape index (κ2) is 10.3. The highest BCUT2D eigenvalue weighted by molar-refractivity contribution is 5.82. The third-order valence-electron chi connectivity index (χ3n) is 7.90. The van der Waals surface area contributed by atoms with Crippen LogP contribution < -0.4 is 5.56 Å². The minimum absolute atomic E-state index is 0.00104. The molecule has 1 fully saturated rings. The summed E-state index contributed by atoms with van der Waals surface area (Å²) >= 11 is 0. The van der Waals surface area contributed by atoms with Crippen molar-refractivity contribution in [1.29, 1.82) is 0 Å². The number of aromatic amines is 1. The van der Waals surface area contributed by atoms with Gasteiger partial charge < -0.3 is 15.0 Å². The van der Waals surface area contributed by atoms with Gasteiger partial charge in [0.2, 0.25) is 0 Å². The maximum absolute atomic E-state index is 13.4. The molecular weight excluding hydrogens is 533 g/mol.